The van der Waals surface area contributed by atoms with E-state index in [1.165, 1.54) is 25.7 Å². The van der Waals surface area contributed by atoms with Crippen molar-refractivity contribution < 1.29 is 48.1 Å². The van der Waals surface area contributed by atoms with Gasteiger partial charge in [-0.2, -0.15) is 0 Å². The fourth-order valence-corrected chi connectivity index (χ4v) is 5.29. The molecule has 45 heavy (non-hydrogen) atoms. The van der Waals surface area contributed by atoms with Gasteiger partial charge in [-0.15, -0.1) is 0 Å². The SMILES string of the molecule is CC(=O)OCC(C)(C)C(=O)C(=O)N1CCCC[C@H]1C(=O)O[C@H](CCCN1CCOCC1)c1cccc(NC(=O)CCC(=O)O)c1. The van der Waals surface area contributed by atoms with Crippen LogP contribution in [0.15, 0.2) is 24.3 Å². The number of ether oxygens (including phenoxy) is 3. The van der Waals surface area contributed by atoms with E-state index in [-0.39, 0.29) is 26.0 Å². The van der Waals surface area contributed by atoms with E-state index in [2.05, 4.69) is 10.2 Å². The molecule has 3 rings (SSSR count). The molecule has 1 aromatic rings. The van der Waals surface area contributed by atoms with Gasteiger partial charge in [0.1, 0.15) is 18.8 Å². The molecule has 13 heteroatoms. The van der Waals surface area contributed by atoms with Gasteiger partial charge in [0.2, 0.25) is 11.7 Å². The first-order valence-corrected chi connectivity index (χ1v) is 15.5. The number of piperidine rings is 1. The molecule has 2 aliphatic rings. The number of carbonyl (C=O) groups excluding carboxylic acids is 5. The second-order valence-corrected chi connectivity index (χ2v) is 12.1. The van der Waals surface area contributed by atoms with Gasteiger partial charge in [-0.25, -0.2) is 4.79 Å². The lowest BCUT2D eigenvalue weighted by atomic mass is 9.87. The number of rotatable bonds is 15. The standard InChI is InChI=1S/C32H45N3O10/c1-22(36)44-21-32(2,3)29(40)30(41)35-15-5-4-10-25(35)31(42)45-26(11-7-14-34-16-18-43-19-17-34)23-8-6-9-24(20-23)33-27(37)12-13-28(38)39/h6,8-9,20,25-26H,4-5,7,10-19,21H2,1-3H3,(H,33,37)(H,38,39)/t25-,26+/m0/s1. The lowest BCUT2D eigenvalue weighted by molar-refractivity contribution is -0.165. The van der Waals surface area contributed by atoms with Crippen LogP contribution in [0.4, 0.5) is 5.69 Å². The summed E-state index contributed by atoms with van der Waals surface area (Å²) in [6, 6.07) is 5.89. The van der Waals surface area contributed by atoms with Crippen molar-refractivity contribution in [2.75, 3.05) is 51.3 Å². The van der Waals surface area contributed by atoms with Crippen molar-refractivity contribution in [2.24, 2.45) is 5.41 Å². The van der Waals surface area contributed by atoms with Gasteiger partial charge in [-0.3, -0.25) is 28.9 Å². The third kappa shape index (κ3) is 11.2. The number of hydrogen-bond donors (Lipinski definition) is 2. The highest BCUT2D eigenvalue weighted by atomic mass is 16.5. The van der Waals surface area contributed by atoms with Crippen molar-refractivity contribution in [3.63, 3.8) is 0 Å². The van der Waals surface area contributed by atoms with Crippen LogP contribution in [0.25, 0.3) is 0 Å². The van der Waals surface area contributed by atoms with Gasteiger partial charge in [-0.05, 0) is 70.2 Å². The molecular weight excluding hydrogens is 586 g/mol. The Hall–Kier alpha value is -3.84. The first-order valence-electron chi connectivity index (χ1n) is 15.5. The Kier molecular flexibility index (Phi) is 13.5. The van der Waals surface area contributed by atoms with Crippen LogP contribution in [0.2, 0.25) is 0 Å². The monoisotopic (exact) mass is 631 g/mol. The lowest BCUT2D eigenvalue weighted by Crippen LogP contribution is -2.53. The second-order valence-electron chi connectivity index (χ2n) is 12.1. The zero-order valence-corrected chi connectivity index (χ0v) is 26.4. The quantitative estimate of drug-likeness (QED) is 0.216. The van der Waals surface area contributed by atoms with Crippen LogP contribution < -0.4 is 5.32 Å². The Balaban J connectivity index is 1.77. The van der Waals surface area contributed by atoms with Crippen molar-refractivity contribution in [3.8, 4) is 0 Å². The van der Waals surface area contributed by atoms with Crippen molar-refractivity contribution in [3.05, 3.63) is 29.8 Å². The molecule has 2 heterocycles. The number of carboxylic acids is 1. The smallest absolute Gasteiger partial charge is 0.329 e. The van der Waals surface area contributed by atoms with E-state index in [1.807, 2.05) is 0 Å². The van der Waals surface area contributed by atoms with Gasteiger partial charge < -0.3 is 29.5 Å². The normalized spacial score (nSPS) is 18.0. The van der Waals surface area contributed by atoms with E-state index in [0.717, 1.165) is 19.6 Å². The van der Waals surface area contributed by atoms with Gasteiger partial charge in [0.05, 0.1) is 25.0 Å². The molecule has 0 bridgehead atoms. The molecule has 0 aliphatic carbocycles. The third-order valence-electron chi connectivity index (χ3n) is 7.89. The number of anilines is 1. The van der Waals surface area contributed by atoms with Crippen LogP contribution in [0.3, 0.4) is 0 Å². The van der Waals surface area contributed by atoms with Crippen molar-refractivity contribution in [1.82, 2.24) is 9.80 Å². The largest absolute Gasteiger partial charge is 0.481 e. The van der Waals surface area contributed by atoms with E-state index in [1.54, 1.807) is 24.3 Å². The number of carboxylic acid groups (broad SMARTS) is 1. The number of ketones is 1. The average Bonchev–Trinajstić information content (AvgIpc) is 3.02. The maximum absolute atomic E-state index is 13.7. The number of Topliss-reactive ketones (excluding diaryl/α,β-unsaturated/α-hetero) is 1. The molecule has 0 unspecified atom stereocenters. The summed E-state index contributed by atoms with van der Waals surface area (Å²) >= 11 is 0. The molecule has 0 radical (unpaired) electrons. The highest BCUT2D eigenvalue weighted by Crippen LogP contribution is 2.29. The molecule has 0 saturated carbocycles. The Morgan fingerprint density at radius 2 is 1.80 bits per heavy atom. The van der Waals surface area contributed by atoms with Gasteiger partial charge in [-0.1, -0.05) is 12.1 Å². The summed E-state index contributed by atoms with van der Waals surface area (Å²) in [6.45, 7) is 7.91. The number of aliphatic carboxylic acids is 1. The Morgan fingerprint density at radius 3 is 2.49 bits per heavy atom. The number of nitrogens with one attached hydrogen (secondary N) is 1. The molecule has 2 fully saturated rings. The minimum Gasteiger partial charge on any atom is -0.481 e. The van der Waals surface area contributed by atoms with Gasteiger partial charge in [0.25, 0.3) is 5.91 Å². The van der Waals surface area contributed by atoms with Gasteiger partial charge in [0.15, 0.2) is 0 Å². The molecule has 2 atom stereocenters. The predicted octanol–water partition coefficient (Wildman–Crippen LogP) is 2.73. The zero-order chi connectivity index (χ0) is 33.0. The minimum absolute atomic E-state index is 0.181. The van der Waals surface area contributed by atoms with E-state index >= 15 is 0 Å². The first kappa shape index (κ1) is 35.6. The number of nitrogens with zero attached hydrogens (tertiary/aromatic N) is 2. The van der Waals surface area contributed by atoms with Crippen molar-refractivity contribution in [2.45, 2.75) is 77.9 Å². The molecule has 2 aliphatic heterocycles. The molecular formula is C32H45N3O10. The highest BCUT2D eigenvalue weighted by molar-refractivity contribution is 6.38. The predicted molar refractivity (Wildman–Crippen MR) is 162 cm³/mol. The first-order chi connectivity index (χ1) is 21.4. The maximum Gasteiger partial charge on any atom is 0.329 e. The average molecular weight is 632 g/mol. The number of benzene rings is 1. The molecule has 248 valence electrons. The number of hydrogen-bond acceptors (Lipinski definition) is 10. The number of morpholine rings is 1. The van der Waals surface area contributed by atoms with Crippen LogP contribution in [0, 0.1) is 5.41 Å². The number of amides is 2. The molecule has 13 nitrogen and oxygen atoms in total. The Morgan fingerprint density at radius 1 is 1.07 bits per heavy atom. The second kappa shape index (κ2) is 17.0. The third-order valence-corrected chi connectivity index (χ3v) is 7.89. The number of carbonyl (C=O) groups is 6. The zero-order valence-electron chi connectivity index (χ0n) is 26.4. The molecule has 0 spiro atoms. The summed E-state index contributed by atoms with van der Waals surface area (Å²) in [5, 5.41) is 11.6. The fraction of sp³-hybridized carbons (Fsp3) is 0.625. The van der Waals surface area contributed by atoms with Crippen LogP contribution in [0.1, 0.15) is 77.4 Å². The van der Waals surface area contributed by atoms with Gasteiger partial charge >= 0.3 is 17.9 Å². The molecule has 2 saturated heterocycles. The number of esters is 2. The van der Waals surface area contributed by atoms with Gasteiger partial charge in [0, 0.05) is 38.7 Å². The lowest BCUT2D eigenvalue weighted by Gasteiger charge is -2.36. The van der Waals surface area contributed by atoms with Crippen LogP contribution in [-0.2, 0) is 43.0 Å². The summed E-state index contributed by atoms with van der Waals surface area (Å²) < 4.78 is 16.5. The molecule has 2 N–H and O–H groups in total. The summed E-state index contributed by atoms with van der Waals surface area (Å²) in [4.78, 5) is 78.2. The molecule has 1 aromatic carbocycles. The summed E-state index contributed by atoms with van der Waals surface area (Å²) in [6.07, 6.45) is 1.62. The van der Waals surface area contributed by atoms with Crippen LogP contribution in [0.5, 0.6) is 0 Å². The van der Waals surface area contributed by atoms with Crippen LogP contribution >= 0.6 is 0 Å². The van der Waals surface area contributed by atoms with Crippen molar-refractivity contribution in [1.29, 1.82) is 0 Å². The highest BCUT2D eigenvalue weighted by Gasteiger charge is 2.42. The van der Waals surface area contributed by atoms with Crippen LogP contribution in [-0.4, -0.2) is 102 Å². The van der Waals surface area contributed by atoms with E-state index in [9.17, 15) is 28.8 Å². The van der Waals surface area contributed by atoms with E-state index in [4.69, 9.17) is 19.3 Å². The Bertz CT molecular complexity index is 1230. The topological polar surface area (TPSA) is 169 Å². The Labute approximate surface area is 263 Å². The summed E-state index contributed by atoms with van der Waals surface area (Å²) in [7, 11) is 0. The summed E-state index contributed by atoms with van der Waals surface area (Å²) in [5.74, 6) is -4.28. The maximum atomic E-state index is 13.7. The summed E-state index contributed by atoms with van der Waals surface area (Å²) in [5.41, 5.74) is -0.202. The molecule has 0 aromatic heterocycles. The van der Waals surface area contributed by atoms with Crippen molar-refractivity contribution >= 4 is 41.2 Å². The minimum atomic E-state index is -1.27. The van der Waals surface area contributed by atoms with E-state index < -0.39 is 53.1 Å². The molecule has 2 amide bonds. The van der Waals surface area contributed by atoms with E-state index in [0.29, 0.717) is 56.6 Å². The fourth-order valence-electron chi connectivity index (χ4n) is 5.29. The number of likely N-dealkylation sites (tertiary alicyclic amines) is 1.